The molecule has 0 spiro atoms. The van der Waals surface area contributed by atoms with E-state index in [-0.39, 0.29) is 46.6 Å². The van der Waals surface area contributed by atoms with Crippen molar-refractivity contribution in [2.75, 3.05) is 0 Å². The van der Waals surface area contributed by atoms with E-state index < -0.39 is 0 Å². The Bertz CT molecular complexity index is 762. The molecule has 0 aliphatic heterocycles. The lowest BCUT2D eigenvalue weighted by molar-refractivity contribution is 0.569. The highest BCUT2D eigenvalue weighted by molar-refractivity contribution is 5.66. The minimum absolute atomic E-state index is 0.108. The quantitative estimate of drug-likeness (QED) is 0.601. The van der Waals surface area contributed by atoms with Gasteiger partial charge in [-0.15, -0.1) is 0 Å². The summed E-state index contributed by atoms with van der Waals surface area (Å²) < 4.78 is 40.2. The van der Waals surface area contributed by atoms with E-state index in [0.717, 1.165) is 11.1 Å². The van der Waals surface area contributed by atoms with Crippen LogP contribution in [0.25, 0.3) is 11.1 Å². The second kappa shape index (κ2) is 5.09. The highest BCUT2D eigenvalue weighted by Gasteiger charge is 2.20. The van der Waals surface area contributed by atoms with Crippen LogP contribution in [0, 0.1) is 0 Å². The Morgan fingerprint density at radius 3 is 1.50 bits per heavy atom. The summed E-state index contributed by atoms with van der Waals surface area (Å²) in [7, 11) is 0. The molecule has 20 heavy (non-hydrogen) atoms. The van der Waals surface area contributed by atoms with Crippen molar-refractivity contribution in [2.24, 2.45) is 0 Å². The first kappa shape index (κ1) is 9.39. The molecule has 0 amide bonds. The van der Waals surface area contributed by atoms with Gasteiger partial charge in [-0.2, -0.15) is 0 Å². The minimum Gasteiger partial charge on any atom is -0.0622 e. The average molecular weight is 271 g/mol. The van der Waals surface area contributed by atoms with Gasteiger partial charge in [0.15, 0.2) is 0 Å². The lowest BCUT2D eigenvalue weighted by atomic mass is 9.79. The summed E-state index contributed by atoms with van der Waals surface area (Å²) in [6, 6.07) is 4.78. The molecule has 0 aliphatic carbocycles. The summed E-state index contributed by atoms with van der Waals surface area (Å²) in [6.07, 6.45) is 0. The zero-order chi connectivity index (χ0) is 19.3. The van der Waals surface area contributed by atoms with Crippen molar-refractivity contribution >= 4 is 0 Å². The number of hydrogen-bond acceptors (Lipinski definition) is 0. The van der Waals surface area contributed by atoms with Crippen molar-refractivity contribution in [3.05, 3.63) is 59.5 Å². The fourth-order valence-corrected chi connectivity index (χ4v) is 2.03. The topological polar surface area (TPSA) is 0 Å². The first-order chi connectivity index (χ1) is 11.2. The number of hydrogen-bond donors (Lipinski definition) is 0. The van der Waals surface area contributed by atoms with Crippen LogP contribution in [0.2, 0.25) is 0 Å². The van der Waals surface area contributed by atoms with Crippen molar-refractivity contribution in [1.82, 2.24) is 0 Å². The summed E-state index contributed by atoms with van der Waals surface area (Å²) in [4.78, 5) is 0. The molecule has 0 unspecified atom stereocenters. The first-order valence-electron chi connectivity index (χ1n) is 9.48. The molecule has 0 nitrogen and oxygen atoms in total. The molecule has 0 N–H and O–H groups in total. The molecule has 106 valence electrons. The fraction of sp³-hybridized carbons (Fsp3) is 0.400. The van der Waals surface area contributed by atoms with E-state index in [0.29, 0.717) is 5.56 Å². The molecular formula is C20H26. The van der Waals surface area contributed by atoms with Gasteiger partial charge in [-0.05, 0) is 33.1 Å². The monoisotopic (exact) mass is 271 g/mol. The molecule has 0 heteroatoms. The molecule has 0 saturated carbocycles. The van der Waals surface area contributed by atoms with E-state index in [9.17, 15) is 0 Å². The Morgan fingerprint density at radius 1 is 0.650 bits per heavy atom. The lowest BCUT2D eigenvalue weighted by Crippen LogP contribution is -2.16. The zero-order valence-corrected chi connectivity index (χ0v) is 13.2. The maximum absolute atomic E-state index is 8.25. The number of rotatable bonds is 1. The predicted molar refractivity (Wildman–Crippen MR) is 89.3 cm³/mol. The molecule has 2 aromatic rings. The zero-order valence-electron chi connectivity index (χ0n) is 18.2. The van der Waals surface area contributed by atoms with Gasteiger partial charge in [0, 0.05) is 0 Å². The van der Waals surface area contributed by atoms with Crippen LogP contribution in [0.15, 0.2) is 48.4 Å². The van der Waals surface area contributed by atoms with E-state index >= 15 is 0 Å². The highest BCUT2D eigenvalue weighted by atomic mass is 14.2. The van der Waals surface area contributed by atoms with E-state index in [4.69, 9.17) is 6.85 Å². The Morgan fingerprint density at radius 2 is 1.10 bits per heavy atom. The molecule has 0 bridgehead atoms. The standard InChI is InChI=1S/C20H26/c1-19(2,3)17-12-16(15-10-8-7-9-11-15)13-18(14-17)20(4,5)6/h7-14H,1-6H3/i7D,8D,9D,10D,11D. The summed E-state index contributed by atoms with van der Waals surface area (Å²) in [5, 5.41) is 0. The van der Waals surface area contributed by atoms with E-state index in [2.05, 4.69) is 47.6 Å². The van der Waals surface area contributed by atoms with E-state index in [1.165, 1.54) is 0 Å². The van der Waals surface area contributed by atoms with Crippen molar-refractivity contribution in [3.63, 3.8) is 0 Å². The average Bonchev–Trinajstić information content (AvgIpc) is 2.49. The van der Waals surface area contributed by atoms with Crippen LogP contribution in [0.3, 0.4) is 0 Å². The SMILES string of the molecule is [2H]c1c([2H])c([2H])c(-c2cc(C(C)(C)C)cc(C(C)(C)C)c2)c([2H])c1[2H]. The molecule has 2 rings (SSSR count). The molecule has 0 aromatic heterocycles. The Hall–Kier alpha value is -1.56. The van der Waals surface area contributed by atoms with Crippen LogP contribution >= 0.6 is 0 Å². The summed E-state index contributed by atoms with van der Waals surface area (Å²) >= 11 is 0. The molecule has 0 saturated heterocycles. The molecule has 0 atom stereocenters. The molecule has 0 aliphatic rings. The Balaban J connectivity index is 2.89. The molecular weight excluding hydrogens is 240 g/mol. The van der Waals surface area contributed by atoms with Crippen molar-refractivity contribution in [3.8, 4) is 11.1 Å². The van der Waals surface area contributed by atoms with Crippen LogP contribution in [-0.4, -0.2) is 0 Å². The Labute approximate surface area is 130 Å². The van der Waals surface area contributed by atoms with Gasteiger partial charge in [0.1, 0.15) is 0 Å². The van der Waals surface area contributed by atoms with Crippen LogP contribution in [-0.2, 0) is 10.8 Å². The van der Waals surface area contributed by atoms with Gasteiger partial charge in [-0.25, -0.2) is 0 Å². The molecule has 0 radical (unpaired) electrons. The second-order valence-corrected chi connectivity index (χ2v) is 7.30. The minimum atomic E-state index is -0.359. The van der Waals surface area contributed by atoms with Gasteiger partial charge >= 0.3 is 0 Å². The van der Waals surface area contributed by atoms with Crippen molar-refractivity contribution in [2.45, 2.75) is 52.4 Å². The second-order valence-electron chi connectivity index (χ2n) is 7.30. The van der Waals surface area contributed by atoms with Crippen LogP contribution in [0.5, 0.6) is 0 Å². The summed E-state index contributed by atoms with van der Waals surface area (Å²) in [6.45, 7) is 12.7. The third kappa shape index (κ3) is 3.30. The van der Waals surface area contributed by atoms with Gasteiger partial charge in [-0.3, -0.25) is 0 Å². The lowest BCUT2D eigenvalue weighted by Gasteiger charge is -2.26. The van der Waals surface area contributed by atoms with Crippen LogP contribution < -0.4 is 0 Å². The van der Waals surface area contributed by atoms with Gasteiger partial charge in [0.05, 0.1) is 6.85 Å². The maximum atomic E-state index is 8.25. The highest BCUT2D eigenvalue weighted by Crippen LogP contribution is 2.33. The first-order valence-corrected chi connectivity index (χ1v) is 6.98. The van der Waals surface area contributed by atoms with Crippen LogP contribution in [0.1, 0.15) is 59.5 Å². The molecule has 2 aromatic carbocycles. The summed E-state index contributed by atoms with van der Waals surface area (Å²) in [5.41, 5.74) is 2.90. The van der Waals surface area contributed by atoms with E-state index in [1.54, 1.807) is 0 Å². The third-order valence-corrected chi connectivity index (χ3v) is 3.45. The van der Waals surface area contributed by atoms with Crippen LogP contribution in [0.4, 0.5) is 0 Å². The van der Waals surface area contributed by atoms with E-state index in [1.807, 2.05) is 12.1 Å². The Kier molecular flexibility index (Phi) is 2.39. The van der Waals surface area contributed by atoms with Gasteiger partial charge in [0.25, 0.3) is 0 Å². The van der Waals surface area contributed by atoms with Crippen molar-refractivity contribution in [1.29, 1.82) is 0 Å². The maximum Gasteiger partial charge on any atom is 0.0629 e. The number of benzene rings is 2. The van der Waals surface area contributed by atoms with Gasteiger partial charge in [-0.1, -0.05) is 90.0 Å². The van der Waals surface area contributed by atoms with Gasteiger partial charge in [0.2, 0.25) is 0 Å². The van der Waals surface area contributed by atoms with Crippen molar-refractivity contribution < 1.29 is 6.85 Å². The molecule has 0 fully saturated rings. The third-order valence-electron chi connectivity index (χ3n) is 3.45. The fourth-order valence-electron chi connectivity index (χ4n) is 2.03. The largest absolute Gasteiger partial charge is 0.0629 e. The van der Waals surface area contributed by atoms with Gasteiger partial charge < -0.3 is 0 Å². The normalized spacial score (nSPS) is 16.0. The summed E-state index contributed by atoms with van der Waals surface area (Å²) in [5.74, 6) is 0. The molecule has 0 heterocycles. The smallest absolute Gasteiger partial charge is 0.0622 e. The predicted octanol–water partition coefficient (Wildman–Crippen LogP) is 5.95.